The van der Waals surface area contributed by atoms with E-state index in [9.17, 15) is 9.59 Å². The first-order valence-electron chi connectivity index (χ1n) is 14.1. The maximum absolute atomic E-state index is 12.8. The normalized spacial score (nSPS) is 36.8. The zero-order valence-electron chi connectivity index (χ0n) is 23.5. The molecule has 1 spiro atoms. The van der Waals surface area contributed by atoms with Crippen molar-refractivity contribution in [3.8, 4) is 11.5 Å². The second kappa shape index (κ2) is 11.2. The molecule has 5 fully saturated rings. The molecule has 1 amide bonds. The van der Waals surface area contributed by atoms with Gasteiger partial charge in [-0.2, -0.15) is 0 Å². The summed E-state index contributed by atoms with van der Waals surface area (Å²) in [5.41, 5.74) is 0.301. The van der Waals surface area contributed by atoms with Gasteiger partial charge >= 0.3 is 5.97 Å². The predicted molar refractivity (Wildman–Crippen MR) is 138 cm³/mol. The fourth-order valence-electron chi connectivity index (χ4n) is 6.88. The molecule has 2 bridgehead atoms. The quantitative estimate of drug-likeness (QED) is 0.364. The first kappa shape index (κ1) is 28.1. The molecule has 6 rings (SSSR count). The van der Waals surface area contributed by atoms with E-state index >= 15 is 0 Å². The summed E-state index contributed by atoms with van der Waals surface area (Å²) in [5, 5.41) is 2.86. The molecule has 5 aliphatic rings. The van der Waals surface area contributed by atoms with E-state index in [0.717, 1.165) is 31.2 Å². The van der Waals surface area contributed by atoms with Crippen molar-refractivity contribution in [3.05, 3.63) is 23.8 Å². The van der Waals surface area contributed by atoms with Crippen LogP contribution < -0.4 is 14.8 Å². The predicted octanol–water partition coefficient (Wildman–Crippen LogP) is 3.89. The number of methoxy groups -OCH3 is 2. The Balaban J connectivity index is 1.12. The van der Waals surface area contributed by atoms with E-state index in [0.29, 0.717) is 30.4 Å². The fourth-order valence-corrected chi connectivity index (χ4v) is 6.88. The van der Waals surface area contributed by atoms with Crippen molar-refractivity contribution in [2.24, 2.45) is 23.7 Å². The zero-order chi connectivity index (χ0) is 27.8. The molecule has 0 unspecified atom stereocenters. The van der Waals surface area contributed by atoms with E-state index < -0.39 is 29.9 Å². The molecule has 4 heterocycles. The van der Waals surface area contributed by atoms with Crippen molar-refractivity contribution < 1.29 is 43.0 Å². The molecule has 1 N–H and O–H groups in total. The molecular weight excluding hydrogens is 506 g/mol. The summed E-state index contributed by atoms with van der Waals surface area (Å²) in [5.74, 6) is 0.384. The minimum atomic E-state index is -0.887. The highest BCUT2D eigenvalue weighted by Crippen LogP contribution is 2.60. The highest BCUT2D eigenvalue weighted by molar-refractivity contribution is 5.81. The minimum Gasteiger partial charge on any atom is -0.493 e. The lowest BCUT2D eigenvalue weighted by atomic mass is 9.58. The molecule has 10 heteroatoms. The molecule has 1 aliphatic carbocycles. The van der Waals surface area contributed by atoms with Crippen molar-refractivity contribution in [1.29, 1.82) is 0 Å². The minimum absolute atomic E-state index is 0.0346. The largest absolute Gasteiger partial charge is 0.493 e. The molecule has 4 aliphatic heterocycles. The molecule has 216 valence electrons. The standard InChI is InChI=1S/C29H41NO9/c1-17-6-8-21-18(2)26(36-27-29(21)20(17)12-14-28(3,37-27)38-39-29)35-25(32)11-10-24(31)30-15-13-19-7-9-22(33-4)23(16-19)34-5/h7,9,16-18,20-21,26-27H,6,8,10-15H2,1-5H3,(H,30,31)/t17-,18-,20+,21+,26-,27-,28+,29+/m1/s1. The van der Waals surface area contributed by atoms with Gasteiger partial charge in [0.05, 0.1) is 20.6 Å². The van der Waals surface area contributed by atoms with Crippen LogP contribution in [0.5, 0.6) is 11.5 Å². The van der Waals surface area contributed by atoms with E-state index in [-0.39, 0.29) is 36.5 Å². The van der Waals surface area contributed by atoms with Gasteiger partial charge in [-0.25, -0.2) is 9.78 Å². The van der Waals surface area contributed by atoms with E-state index in [1.165, 1.54) is 0 Å². The van der Waals surface area contributed by atoms with Gasteiger partial charge in [-0.15, -0.1) is 0 Å². The van der Waals surface area contributed by atoms with Crippen LogP contribution in [-0.2, 0) is 40.0 Å². The van der Waals surface area contributed by atoms with Crippen molar-refractivity contribution >= 4 is 11.9 Å². The maximum atomic E-state index is 12.8. The van der Waals surface area contributed by atoms with Crippen molar-refractivity contribution in [2.75, 3.05) is 20.8 Å². The Labute approximate surface area is 229 Å². The summed E-state index contributed by atoms with van der Waals surface area (Å²) in [4.78, 5) is 37.1. The summed E-state index contributed by atoms with van der Waals surface area (Å²) in [6.07, 6.45) is 2.82. The van der Waals surface area contributed by atoms with E-state index in [4.69, 9.17) is 33.5 Å². The lowest BCUT2D eigenvalue weighted by Crippen LogP contribution is -2.70. The Morgan fingerprint density at radius 1 is 1.03 bits per heavy atom. The first-order chi connectivity index (χ1) is 18.7. The Morgan fingerprint density at radius 3 is 2.59 bits per heavy atom. The summed E-state index contributed by atoms with van der Waals surface area (Å²) in [6, 6.07) is 5.64. The number of fused-ring (bicyclic) bond motifs is 2. The molecule has 10 nitrogen and oxygen atoms in total. The SMILES string of the molecule is COc1ccc(CCNC(=O)CCC(=O)O[C@@H]2O[C@@H]3O[C@]4(C)CC[C@H]5[C@H](C)CC[C@@H]([C@H]2C)[C@]35OO4)cc1OC. The number of carbonyl (C=O) groups excluding carboxylic acids is 2. The van der Waals surface area contributed by atoms with Crippen LogP contribution in [-0.4, -0.2) is 56.6 Å². The van der Waals surface area contributed by atoms with E-state index in [1.54, 1.807) is 14.2 Å². The third-order valence-electron chi connectivity index (χ3n) is 9.08. The molecule has 0 aromatic heterocycles. The fraction of sp³-hybridized carbons (Fsp3) is 0.724. The van der Waals surface area contributed by atoms with Crippen molar-refractivity contribution in [1.82, 2.24) is 5.32 Å². The van der Waals surface area contributed by atoms with Gasteiger partial charge in [-0.3, -0.25) is 9.59 Å². The molecule has 1 aromatic rings. The number of benzene rings is 1. The number of amides is 1. The van der Waals surface area contributed by atoms with Gasteiger partial charge in [0.15, 0.2) is 23.4 Å². The van der Waals surface area contributed by atoms with Gasteiger partial charge in [0.1, 0.15) is 0 Å². The molecule has 1 aromatic carbocycles. The average molecular weight is 548 g/mol. The second-order valence-corrected chi connectivity index (χ2v) is 11.6. The van der Waals surface area contributed by atoms with E-state index in [2.05, 4.69) is 12.2 Å². The third kappa shape index (κ3) is 5.36. The van der Waals surface area contributed by atoms with Crippen LogP contribution in [0.25, 0.3) is 0 Å². The number of hydrogen-bond acceptors (Lipinski definition) is 9. The van der Waals surface area contributed by atoms with Gasteiger partial charge in [-0.05, 0) is 62.1 Å². The van der Waals surface area contributed by atoms with Gasteiger partial charge in [0.25, 0.3) is 0 Å². The summed E-state index contributed by atoms with van der Waals surface area (Å²) >= 11 is 0. The molecule has 39 heavy (non-hydrogen) atoms. The van der Waals surface area contributed by atoms with Crippen LogP contribution in [0.2, 0.25) is 0 Å². The van der Waals surface area contributed by atoms with Gasteiger partial charge in [0.2, 0.25) is 18.0 Å². The lowest BCUT2D eigenvalue weighted by Gasteiger charge is -2.59. The van der Waals surface area contributed by atoms with Crippen LogP contribution in [0.4, 0.5) is 0 Å². The smallest absolute Gasteiger partial charge is 0.308 e. The number of rotatable bonds is 9. The van der Waals surface area contributed by atoms with Gasteiger partial charge < -0.3 is 29.0 Å². The summed E-state index contributed by atoms with van der Waals surface area (Å²) in [6.45, 7) is 6.59. The Kier molecular flexibility index (Phi) is 8.10. The third-order valence-corrected chi connectivity index (χ3v) is 9.08. The van der Waals surface area contributed by atoms with Gasteiger partial charge in [0, 0.05) is 31.2 Å². The zero-order valence-corrected chi connectivity index (χ0v) is 23.5. The van der Waals surface area contributed by atoms with Gasteiger partial charge in [-0.1, -0.05) is 19.9 Å². The molecule has 0 radical (unpaired) electrons. The number of hydrogen-bond donors (Lipinski definition) is 1. The van der Waals surface area contributed by atoms with Crippen LogP contribution in [0, 0.1) is 23.7 Å². The number of nitrogens with one attached hydrogen (secondary N) is 1. The van der Waals surface area contributed by atoms with Crippen molar-refractivity contribution in [3.63, 3.8) is 0 Å². The van der Waals surface area contributed by atoms with Crippen LogP contribution in [0.3, 0.4) is 0 Å². The van der Waals surface area contributed by atoms with E-state index in [1.807, 2.05) is 32.0 Å². The average Bonchev–Trinajstić information content (AvgIpc) is 3.16. The Morgan fingerprint density at radius 2 is 1.82 bits per heavy atom. The summed E-state index contributed by atoms with van der Waals surface area (Å²) in [7, 11) is 3.17. The number of esters is 1. The number of ether oxygens (including phenoxy) is 5. The second-order valence-electron chi connectivity index (χ2n) is 11.6. The molecule has 4 saturated heterocycles. The monoisotopic (exact) mass is 547 g/mol. The highest BCUT2D eigenvalue weighted by atomic mass is 17.3. The first-order valence-corrected chi connectivity index (χ1v) is 14.1. The topological polar surface area (TPSA) is 111 Å². The molecular formula is C29H41NO9. The van der Waals surface area contributed by atoms with Crippen LogP contribution in [0.15, 0.2) is 18.2 Å². The van der Waals surface area contributed by atoms with Crippen LogP contribution >= 0.6 is 0 Å². The molecule has 8 atom stereocenters. The number of carbonyl (C=O) groups is 2. The maximum Gasteiger partial charge on any atom is 0.308 e. The Bertz CT molecular complexity index is 1070. The Hall–Kier alpha value is -2.40. The molecule has 1 saturated carbocycles. The van der Waals surface area contributed by atoms with Crippen molar-refractivity contribution in [2.45, 2.75) is 89.7 Å². The highest BCUT2D eigenvalue weighted by Gasteiger charge is 2.69. The lowest BCUT2D eigenvalue weighted by molar-refractivity contribution is -0.576. The van der Waals surface area contributed by atoms with Crippen LogP contribution in [0.1, 0.15) is 64.9 Å². The summed E-state index contributed by atoms with van der Waals surface area (Å²) < 4.78 is 29.0.